The van der Waals surface area contributed by atoms with Crippen LogP contribution in [0.25, 0.3) is 11.1 Å². The molecule has 0 aromatic heterocycles. The van der Waals surface area contributed by atoms with Crippen molar-refractivity contribution in [3.63, 3.8) is 0 Å². The standard InChI is InChI=1S/C23H27NO4/c1-2-3-4-5-6-15-22(25)28-24-23(26)27-16-21-19-13-9-7-11-17(19)18-12-8-10-14-20(18)21/h7-14,21H,2-6,15-16H2,1H3,(H,24,26). The highest BCUT2D eigenvalue weighted by Crippen LogP contribution is 2.44. The summed E-state index contributed by atoms with van der Waals surface area (Å²) in [6, 6.07) is 16.3. The third kappa shape index (κ3) is 4.91. The van der Waals surface area contributed by atoms with Gasteiger partial charge < -0.3 is 9.57 Å². The predicted octanol–water partition coefficient (Wildman–Crippen LogP) is 5.34. The molecule has 0 saturated heterocycles. The SMILES string of the molecule is CCCCCCCC(=O)ONC(=O)OCC1c2ccccc2-c2ccccc21. The molecule has 1 aliphatic carbocycles. The number of carbonyl (C=O) groups excluding carboxylic acids is 2. The van der Waals surface area contributed by atoms with Crippen molar-refractivity contribution in [2.24, 2.45) is 0 Å². The van der Waals surface area contributed by atoms with Gasteiger partial charge in [-0.05, 0) is 28.7 Å². The fourth-order valence-electron chi connectivity index (χ4n) is 3.65. The first-order valence-electron chi connectivity index (χ1n) is 10.0. The Bertz CT molecular complexity index is 772. The van der Waals surface area contributed by atoms with Crippen molar-refractivity contribution < 1.29 is 19.2 Å². The van der Waals surface area contributed by atoms with E-state index in [0.29, 0.717) is 6.42 Å². The maximum absolute atomic E-state index is 11.9. The van der Waals surface area contributed by atoms with Crippen LogP contribution in [0.15, 0.2) is 48.5 Å². The zero-order chi connectivity index (χ0) is 19.8. The fraction of sp³-hybridized carbons (Fsp3) is 0.391. The smallest absolute Gasteiger partial charge is 0.440 e. The molecule has 1 N–H and O–H groups in total. The van der Waals surface area contributed by atoms with Crippen molar-refractivity contribution in [2.45, 2.75) is 51.4 Å². The van der Waals surface area contributed by atoms with Crippen LogP contribution in [0.4, 0.5) is 4.79 Å². The number of ether oxygens (including phenoxy) is 1. The molecule has 0 fully saturated rings. The van der Waals surface area contributed by atoms with E-state index in [2.05, 4.69) is 36.7 Å². The van der Waals surface area contributed by atoms with Gasteiger partial charge >= 0.3 is 12.1 Å². The topological polar surface area (TPSA) is 64.6 Å². The lowest BCUT2D eigenvalue weighted by molar-refractivity contribution is -0.149. The number of hydroxylamine groups is 1. The van der Waals surface area contributed by atoms with Crippen LogP contribution in [0.5, 0.6) is 0 Å². The normalized spacial score (nSPS) is 12.2. The Morgan fingerprint density at radius 3 is 2.14 bits per heavy atom. The summed E-state index contributed by atoms with van der Waals surface area (Å²) in [5, 5.41) is 0. The molecule has 2 aromatic carbocycles. The predicted molar refractivity (Wildman–Crippen MR) is 108 cm³/mol. The third-order valence-corrected chi connectivity index (χ3v) is 5.08. The first-order chi connectivity index (χ1) is 13.7. The van der Waals surface area contributed by atoms with Gasteiger partial charge in [0.05, 0.1) is 0 Å². The van der Waals surface area contributed by atoms with Crippen molar-refractivity contribution in [3.05, 3.63) is 59.7 Å². The Morgan fingerprint density at radius 2 is 1.50 bits per heavy atom. The highest BCUT2D eigenvalue weighted by Gasteiger charge is 2.29. The van der Waals surface area contributed by atoms with E-state index in [1.165, 1.54) is 17.5 Å². The number of hydrogen-bond donors (Lipinski definition) is 1. The van der Waals surface area contributed by atoms with E-state index >= 15 is 0 Å². The van der Waals surface area contributed by atoms with Crippen molar-refractivity contribution in [1.82, 2.24) is 5.48 Å². The summed E-state index contributed by atoms with van der Waals surface area (Å²) in [5.74, 6) is -0.461. The molecule has 1 aliphatic rings. The molecule has 28 heavy (non-hydrogen) atoms. The second-order valence-electron chi connectivity index (χ2n) is 7.07. The van der Waals surface area contributed by atoms with Crippen molar-refractivity contribution in [2.75, 3.05) is 6.61 Å². The average molecular weight is 381 g/mol. The van der Waals surface area contributed by atoms with Crippen LogP contribution in [0, 0.1) is 0 Å². The van der Waals surface area contributed by atoms with E-state index in [9.17, 15) is 9.59 Å². The number of fused-ring (bicyclic) bond motifs is 3. The molecule has 0 unspecified atom stereocenters. The molecule has 0 radical (unpaired) electrons. The van der Waals surface area contributed by atoms with Crippen LogP contribution in [-0.2, 0) is 14.4 Å². The molecular weight excluding hydrogens is 354 g/mol. The number of hydrogen-bond acceptors (Lipinski definition) is 4. The van der Waals surface area contributed by atoms with Gasteiger partial charge in [-0.25, -0.2) is 9.59 Å². The van der Waals surface area contributed by atoms with Crippen LogP contribution in [0.3, 0.4) is 0 Å². The van der Waals surface area contributed by atoms with E-state index in [-0.39, 0.29) is 12.5 Å². The van der Waals surface area contributed by atoms with Crippen molar-refractivity contribution >= 4 is 12.1 Å². The third-order valence-electron chi connectivity index (χ3n) is 5.08. The summed E-state index contributed by atoms with van der Waals surface area (Å²) in [6.07, 6.45) is 4.76. The average Bonchev–Trinajstić information content (AvgIpc) is 3.04. The molecule has 0 bridgehead atoms. The van der Waals surface area contributed by atoms with Gasteiger partial charge in [0.15, 0.2) is 0 Å². The lowest BCUT2D eigenvalue weighted by atomic mass is 9.98. The fourth-order valence-corrected chi connectivity index (χ4v) is 3.65. The molecule has 148 valence electrons. The molecule has 1 amide bonds. The molecule has 0 spiro atoms. The Kier molecular flexibility index (Phi) is 7.06. The van der Waals surface area contributed by atoms with Crippen LogP contribution < -0.4 is 5.48 Å². The number of nitrogens with one attached hydrogen (secondary N) is 1. The van der Waals surface area contributed by atoms with Crippen molar-refractivity contribution in [3.8, 4) is 11.1 Å². The Labute approximate surface area is 166 Å². The zero-order valence-corrected chi connectivity index (χ0v) is 16.3. The molecule has 3 rings (SSSR count). The number of carbonyl (C=O) groups is 2. The van der Waals surface area contributed by atoms with Gasteiger partial charge in [-0.3, -0.25) is 0 Å². The maximum atomic E-state index is 11.9. The van der Waals surface area contributed by atoms with Gasteiger partial charge in [-0.15, -0.1) is 5.48 Å². The molecule has 0 heterocycles. The van der Waals surface area contributed by atoms with Gasteiger partial charge in [0.1, 0.15) is 6.61 Å². The van der Waals surface area contributed by atoms with Gasteiger partial charge in [-0.2, -0.15) is 0 Å². The molecule has 0 saturated carbocycles. The molecule has 5 heteroatoms. The molecule has 0 aliphatic heterocycles. The summed E-state index contributed by atoms with van der Waals surface area (Å²) < 4.78 is 5.32. The Morgan fingerprint density at radius 1 is 0.893 bits per heavy atom. The van der Waals surface area contributed by atoms with Gasteiger partial charge in [-0.1, -0.05) is 81.1 Å². The largest absolute Gasteiger partial charge is 0.446 e. The Hall–Kier alpha value is -2.82. The summed E-state index contributed by atoms with van der Waals surface area (Å²) in [5.41, 5.74) is 6.71. The molecule has 0 atom stereocenters. The lowest BCUT2D eigenvalue weighted by Gasteiger charge is -2.14. The highest BCUT2D eigenvalue weighted by molar-refractivity contribution is 5.79. The minimum atomic E-state index is -0.749. The first kappa shape index (κ1) is 19.9. The number of unbranched alkanes of at least 4 members (excludes halogenated alkanes) is 4. The highest BCUT2D eigenvalue weighted by atomic mass is 16.7. The van der Waals surface area contributed by atoms with E-state index in [4.69, 9.17) is 9.57 Å². The summed E-state index contributed by atoms with van der Waals surface area (Å²) >= 11 is 0. The number of amides is 1. The minimum Gasteiger partial charge on any atom is -0.446 e. The number of rotatable bonds is 8. The van der Waals surface area contributed by atoms with E-state index < -0.39 is 12.1 Å². The molecular formula is C23H27NO4. The van der Waals surface area contributed by atoms with Crippen LogP contribution in [0.1, 0.15) is 62.5 Å². The minimum absolute atomic E-state index is 0.0209. The molecule has 5 nitrogen and oxygen atoms in total. The zero-order valence-electron chi connectivity index (χ0n) is 16.3. The monoisotopic (exact) mass is 381 g/mol. The van der Waals surface area contributed by atoms with Crippen LogP contribution in [-0.4, -0.2) is 18.7 Å². The summed E-state index contributed by atoms with van der Waals surface area (Å²) in [4.78, 5) is 28.4. The summed E-state index contributed by atoms with van der Waals surface area (Å²) in [7, 11) is 0. The second-order valence-corrected chi connectivity index (χ2v) is 7.07. The van der Waals surface area contributed by atoms with Crippen molar-refractivity contribution in [1.29, 1.82) is 0 Å². The van der Waals surface area contributed by atoms with Gasteiger partial charge in [0.2, 0.25) is 0 Å². The van der Waals surface area contributed by atoms with Crippen LogP contribution >= 0.6 is 0 Å². The number of benzene rings is 2. The van der Waals surface area contributed by atoms with Gasteiger partial charge in [0, 0.05) is 12.3 Å². The van der Waals surface area contributed by atoms with E-state index in [0.717, 1.165) is 36.8 Å². The van der Waals surface area contributed by atoms with E-state index in [1.807, 2.05) is 24.3 Å². The van der Waals surface area contributed by atoms with E-state index in [1.54, 1.807) is 0 Å². The van der Waals surface area contributed by atoms with Gasteiger partial charge in [0.25, 0.3) is 0 Å². The lowest BCUT2D eigenvalue weighted by Crippen LogP contribution is -2.29. The molecule has 2 aromatic rings. The first-order valence-corrected chi connectivity index (χ1v) is 10.0. The maximum Gasteiger partial charge on any atom is 0.440 e. The second kappa shape index (κ2) is 9.93. The summed E-state index contributed by atoms with van der Waals surface area (Å²) in [6.45, 7) is 2.33. The van der Waals surface area contributed by atoms with Crippen LogP contribution in [0.2, 0.25) is 0 Å². The Balaban J connectivity index is 1.46. The quantitative estimate of drug-likeness (QED) is 0.495.